The van der Waals surface area contributed by atoms with Crippen molar-refractivity contribution >= 4 is 27.3 Å². The molecular weight excluding hydrogens is 186 g/mol. The van der Waals surface area contributed by atoms with Gasteiger partial charge in [-0.1, -0.05) is 0 Å². The molecule has 0 saturated carbocycles. The number of carbonyl (C=O) groups is 1. The van der Waals surface area contributed by atoms with Crippen molar-refractivity contribution in [1.29, 1.82) is 0 Å². The predicted molar refractivity (Wildman–Crippen MR) is 51.3 cm³/mol. The lowest BCUT2D eigenvalue weighted by Gasteiger charge is -1.97. The summed E-state index contributed by atoms with van der Waals surface area (Å²) in [6.07, 6.45) is 1.66. The number of fused-ring (bicyclic) bond motifs is 1. The van der Waals surface area contributed by atoms with E-state index in [0.717, 1.165) is 10.1 Å². The SMILES string of the molecule is NNC(=O)c1cc2sccc2cn1. The minimum Gasteiger partial charge on any atom is -0.289 e. The van der Waals surface area contributed by atoms with E-state index in [0.29, 0.717) is 5.69 Å². The van der Waals surface area contributed by atoms with Crippen LogP contribution in [0.25, 0.3) is 10.1 Å². The molecule has 0 aliphatic carbocycles. The number of aromatic nitrogens is 1. The van der Waals surface area contributed by atoms with E-state index in [1.807, 2.05) is 16.9 Å². The Morgan fingerprint density at radius 1 is 1.62 bits per heavy atom. The fourth-order valence-electron chi connectivity index (χ4n) is 1.05. The first-order valence-corrected chi connectivity index (χ1v) is 4.53. The maximum absolute atomic E-state index is 11.1. The number of rotatable bonds is 1. The molecule has 2 aromatic heterocycles. The highest BCUT2D eigenvalue weighted by Gasteiger charge is 2.05. The van der Waals surface area contributed by atoms with E-state index in [-0.39, 0.29) is 5.91 Å². The molecule has 0 atom stereocenters. The third-order valence-electron chi connectivity index (χ3n) is 1.70. The van der Waals surface area contributed by atoms with Gasteiger partial charge < -0.3 is 0 Å². The van der Waals surface area contributed by atoms with E-state index >= 15 is 0 Å². The van der Waals surface area contributed by atoms with Gasteiger partial charge >= 0.3 is 0 Å². The van der Waals surface area contributed by atoms with Gasteiger partial charge in [-0.2, -0.15) is 0 Å². The van der Waals surface area contributed by atoms with Gasteiger partial charge in [0.05, 0.1) is 0 Å². The maximum Gasteiger partial charge on any atom is 0.283 e. The second-order valence-corrected chi connectivity index (χ2v) is 3.45. The van der Waals surface area contributed by atoms with Crippen LogP contribution in [0.2, 0.25) is 0 Å². The van der Waals surface area contributed by atoms with Gasteiger partial charge in [-0.25, -0.2) is 5.84 Å². The predicted octanol–water partition coefficient (Wildman–Crippen LogP) is 0.900. The van der Waals surface area contributed by atoms with Gasteiger partial charge in [0, 0.05) is 16.3 Å². The zero-order valence-corrected chi connectivity index (χ0v) is 7.47. The van der Waals surface area contributed by atoms with Crippen molar-refractivity contribution in [1.82, 2.24) is 10.4 Å². The molecule has 0 fully saturated rings. The van der Waals surface area contributed by atoms with Crippen molar-refractivity contribution in [3.8, 4) is 0 Å². The number of nitrogens with one attached hydrogen (secondary N) is 1. The molecule has 0 spiro atoms. The molecule has 0 saturated heterocycles. The van der Waals surface area contributed by atoms with Crippen LogP contribution in [0.4, 0.5) is 0 Å². The molecule has 2 aromatic rings. The first-order chi connectivity index (χ1) is 6.31. The Kier molecular flexibility index (Phi) is 1.96. The van der Waals surface area contributed by atoms with Gasteiger partial charge in [-0.05, 0) is 17.5 Å². The van der Waals surface area contributed by atoms with E-state index in [4.69, 9.17) is 5.84 Å². The maximum atomic E-state index is 11.1. The molecule has 2 heterocycles. The second-order valence-electron chi connectivity index (χ2n) is 2.50. The van der Waals surface area contributed by atoms with Crippen molar-refractivity contribution in [3.05, 3.63) is 29.4 Å². The summed E-state index contributed by atoms with van der Waals surface area (Å²) in [7, 11) is 0. The van der Waals surface area contributed by atoms with Crippen LogP contribution >= 0.6 is 11.3 Å². The Morgan fingerprint density at radius 3 is 3.23 bits per heavy atom. The molecule has 0 aliphatic heterocycles. The number of carbonyl (C=O) groups excluding carboxylic acids is 1. The van der Waals surface area contributed by atoms with Crippen LogP contribution < -0.4 is 11.3 Å². The molecule has 0 unspecified atom stereocenters. The number of hydrazine groups is 1. The lowest BCUT2D eigenvalue weighted by molar-refractivity contribution is 0.0949. The number of nitrogen functional groups attached to an aromatic ring is 1. The lowest BCUT2D eigenvalue weighted by Crippen LogP contribution is -2.30. The summed E-state index contributed by atoms with van der Waals surface area (Å²) in [5.41, 5.74) is 2.39. The Bertz CT molecular complexity index is 451. The van der Waals surface area contributed by atoms with Crippen molar-refractivity contribution in [2.24, 2.45) is 5.84 Å². The van der Waals surface area contributed by atoms with E-state index in [9.17, 15) is 4.79 Å². The summed E-state index contributed by atoms with van der Waals surface area (Å²) in [5.74, 6) is 4.62. The van der Waals surface area contributed by atoms with Crippen LogP contribution in [0, 0.1) is 0 Å². The molecule has 66 valence electrons. The smallest absolute Gasteiger partial charge is 0.283 e. The molecule has 0 bridgehead atoms. The molecule has 0 radical (unpaired) electrons. The second kappa shape index (κ2) is 3.12. The van der Waals surface area contributed by atoms with Crippen molar-refractivity contribution in [3.63, 3.8) is 0 Å². The monoisotopic (exact) mass is 193 g/mol. The fourth-order valence-corrected chi connectivity index (χ4v) is 1.85. The Morgan fingerprint density at radius 2 is 2.46 bits per heavy atom. The number of hydrogen-bond acceptors (Lipinski definition) is 4. The highest BCUT2D eigenvalue weighted by Crippen LogP contribution is 2.19. The van der Waals surface area contributed by atoms with Gasteiger partial charge in [-0.15, -0.1) is 11.3 Å². The summed E-state index contributed by atoms with van der Waals surface area (Å²) in [6, 6.07) is 3.68. The number of nitrogens with two attached hydrogens (primary N) is 1. The Labute approximate surface area is 78.4 Å². The minimum absolute atomic E-state index is 0.345. The van der Waals surface area contributed by atoms with E-state index in [1.54, 1.807) is 23.6 Å². The zero-order chi connectivity index (χ0) is 9.26. The Balaban J connectivity index is 2.54. The highest BCUT2D eigenvalue weighted by atomic mass is 32.1. The van der Waals surface area contributed by atoms with Gasteiger partial charge in [0.25, 0.3) is 5.91 Å². The van der Waals surface area contributed by atoms with E-state index in [2.05, 4.69) is 4.98 Å². The van der Waals surface area contributed by atoms with Crippen molar-refractivity contribution < 1.29 is 4.79 Å². The zero-order valence-electron chi connectivity index (χ0n) is 6.65. The topological polar surface area (TPSA) is 68.0 Å². The molecule has 0 aliphatic rings. The van der Waals surface area contributed by atoms with Gasteiger partial charge in [-0.3, -0.25) is 15.2 Å². The van der Waals surface area contributed by atoms with Crippen molar-refractivity contribution in [2.45, 2.75) is 0 Å². The highest BCUT2D eigenvalue weighted by molar-refractivity contribution is 7.17. The van der Waals surface area contributed by atoms with Crippen LogP contribution in [-0.2, 0) is 0 Å². The molecule has 0 aromatic carbocycles. The van der Waals surface area contributed by atoms with Gasteiger partial charge in [0.2, 0.25) is 0 Å². The lowest BCUT2D eigenvalue weighted by atomic mass is 10.3. The molecule has 3 N–H and O–H groups in total. The average Bonchev–Trinajstić information content (AvgIpc) is 2.63. The van der Waals surface area contributed by atoms with Crippen LogP contribution in [0.5, 0.6) is 0 Å². The van der Waals surface area contributed by atoms with Crippen molar-refractivity contribution in [2.75, 3.05) is 0 Å². The summed E-state index contributed by atoms with van der Waals surface area (Å²) >= 11 is 1.57. The third-order valence-corrected chi connectivity index (χ3v) is 2.58. The summed E-state index contributed by atoms with van der Waals surface area (Å²) < 4.78 is 1.04. The summed E-state index contributed by atoms with van der Waals surface area (Å²) in [6.45, 7) is 0. The van der Waals surface area contributed by atoms with Crippen LogP contribution in [0.1, 0.15) is 10.5 Å². The quantitative estimate of drug-likeness (QED) is 0.401. The van der Waals surface area contributed by atoms with Crippen LogP contribution in [-0.4, -0.2) is 10.9 Å². The minimum atomic E-state index is -0.365. The fraction of sp³-hybridized carbons (Fsp3) is 0. The van der Waals surface area contributed by atoms with Gasteiger partial charge in [0.15, 0.2) is 0 Å². The molecule has 2 rings (SSSR count). The normalized spacial score (nSPS) is 10.2. The Hall–Kier alpha value is -1.46. The molecule has 1 amide bonds. The van der Waals surface area contributed by atoms with E-state index < -0.39 is 0 Å². The average molecular weight is 193 g/mol. The van der Waals surface area contributed by atoms with Crippen LogP contribution in [0.15, 0.2) is 23.7 Å². The first kappa shape index (κ1) is 8.15. The molecule has 5 heteroatoms. The molecule has 4 nitrogen and oxygen atoms in total. The number of nitrogens with zero attached hydrogens (tertiary/aromatic N) is 1. The standard InChI is InChI=1S/C8H7N3OS/c9-11-8(12)6-3-7-5(4-10-6)1-2-13-7/h1-4H,9H2,(H,11,12). The van der Waals surface area contributed by atoms with Crippen LogP contribution in [0.3, 0.4) is 0 Å². The number of thiophene rings is 1. The largest absolute Gasteiger partial charge is 0.289 e. The number of hydrogen-bond donors (Lipinski definition) is 2. The third kappa shape index (κ3) is 1.39. The van der Waals surface area contributed by atoms with Gasteiger partial charge in [0.1, 0.15) is 5.69 Å². The molecular formula is C8H7N3OS. The van der Waals surface area contributed by atoms with E-state index in [1.165, 1.54) is 0 Å². The first-order valence-electron chi connectivity index (χ1n) is 3.65. The summed E-state index contributed by atoms with van der Waals surface area (Å²) in [4.78, 5) is 15.0. The number of amides is 1. The molecule has 13 heavy (non-hydrogen) atoms. The number of pyridine rings is 1. The summed E-state index contributed by atoms with van der Waals surface area (Å²) in [5, 5.41) is 3.00.